The standard InChI is InChI=1S/C9H10FN3/c10-8-2-1-7-9(13-8)6(3-4-11)5-12-7/h1-2,5,12H,3-4,11H2. The smallest absolute Gasteiger partial charge is 0.213 e. The lowest BCUT2D eigenvalue weighted by Crippen LogP contribution is -2.02. The third kappa shape index (κ3) is 1.40. The number of pyridine rings is 1. The molecule has 0 saturated carbocycles. The van der Waals surface area contributed by atoms with Gasteiger partial charge in [-0.05, 0) is 30.7 Å². The molecule has 0 unspecified atom stereocenters. The van der Waals surface area contributed by atoms with Gasteiger partial charge in [0.2, 0.25) is 5.95 Å². The Morgan fingerprint density at radius 2 is 2.31 bits per heavy atom. The molecule has 2 heterocycles. The Hall–Kier alpha value is -1.42. The van der Waals surface area contributed by atoms with E-state index >= 15 is 0 Å². The van der Waals surface area contributed by atoms with Crippen molar-refractivity contribution in [1.29, 1.82) is 0 Å². The third-order valence-electron chi connectivity index (χ3n) is 1.98. The average Bonchev–Trinajstić information content (AvgIpc) is 2.49. The van der Waals surface area contributed by atoms with Crippen molar-refractivity contribution in [3.05, 3.63) is 29.8 Å². The molecule has 0 amide bonds. The summed E-state index contributed by atoms with van der Waals surface area (Å²) in [6.07, 6.45) is 2.54. The van der Waals surface area contributed by atoms with Crippen molar-refractivity contribution >= 4 is 11.0 Å². The monoisotopic (exact) mass is 179 g/mol. The van der Waals surface area contributed by atoms with Gasteiger partial charge in [0.15, 0.2) is 0 Å². The molecule has 3 N–H and O–H groups in total. The summed E-state index contributed by atoms with van der Waals surface area (Å²) in [7, 11) is 0. The summed E-state index contributed by atoms with van der Waals surface area (Å²) in [5, 5.41) is 0. The van der Waals surface area contributed by atoms with Gasteiger partial charge in [-0.2, -0.15) is 4.39 Å². The Labute approximate surface area is 74.8 Å². The molecule has 0 fully saturated rings. The van der Waals surface area contributed by atoms with E-state index in [4.69, 9.17) is 5.73 Å². The summed E-state index contributed by atoms with van der Waals surface area (Å²) < 4.78 is 12.8. The molecule has 0 spiro atoms. The lowest BCUT2D eigenvalue weighted by molar-refractivity contribution is 0.589. The summed E-state index contributed by atoms with van der Waals surface area (Å²) in [6, 6.07) is 3.02. The molecule has 0 aliphatic rings. The summed E-state index contributed by atoms with van der Waals surface area (Å²) in [4.78, 5) is 6.82. The molecule has 13 heavy (non-hydrogen) atoms. The van der Waals surface area contributed by atoms with Gasteiger partial charge in [0.25, 0.3) is 0 Å². The van der Waals surface area contributed by atoms with Gasteiger partial charge in [-0.15, -0.1) is 0 Å². The van der Waals surface area contributed by atoms with Crippen molar-refractivity contribution < 1.29 is 4.39 Å². The van der Waals surface area contributed by atoms with E-state index in [2.05, 4.69) is 9.97 Å². The number of nitrogens with one attached hydrogen (secondary N) is 1. The maximum atomic E-state index is 12.8. The maximum absolute atomic E-state index is 12.8. The lowest BCUT2D eigenvalue weighted by atomic mass is 10.2. The Morgan fingerprint density at radius 3 is 3.08 bits per heavy atom. The largest absolute Gasteiger partial charge is 0.360 e. The second-order valence-electron chi connectivity index (χ2n) is 2.88. The Balaban J connectivity index is 2.58. The van der Waals surface area contributed by atoms with Crippen LogP contribution in [0.4, 0.5) is 4.39 Å². The normalized spacial score (nSPS) is 10.9. The van der Waals surface area contributed by atoms with Gasteiger partial charge in [-0.25, -0.2) is 4.98 Å². The summed E-state index contributed by atoms with van der Waals surface area (Å²) in [5.74, 6) is -0.453. The van der Waals surface area contributed by atoms with Gasteiger partial charge in [0, 0.05) is 6.20 Å². The fourth-order valence-electron chi connectivity index (χ4n) is 1.38. The molecule has 0 bridgehead atoms. The summed E-state index contributed by atoms with van der Waals surface area (Å²) in [5.41, 5.74) is 7.92. The molecular formula is C9H10FN3. The van der Waals surface area contributed by atoms with Crippen molar-refractivity contribution in [3.63, 3.8) is 0 Å². The van der Waals surface area contributed by atoms with Crippen LogP contribution in [0.5, 0.6) is 0 Å². The van der Waals surface area contributed by atoms with Gasteiger partial charge >= 0.3 is 0 Å². The molecule has 3 nitrogen and oxygen atoms in total. The molecule has 0 aliphatic carbocycles. The van der Waals surface area contributed by atoms with Gasteiger partial charge < -0.3 is 10.7 Å². The lowest BCUT2D eigenvalue weighted by Gasteiger charge is -1.94. The van der Waals surface area contributed by atoms with E-state index < -0.39 is 5.95 Å². The number of halogens is 1. The molecule has 2 aromatic rings. The van der Waals surface area contributed by atoms with Crippen molar-refractivity contribution in [1.82, 2.24) is 9.97 Å². The topological polar surface area (TPSA) is 54.7 Å². The first-order valence-corrected chi connectivity index (χ1v) is 4.14. The molecule has 2 rings (SSSR count). The molecule has 0 radical (unpaired) electrons. The van der Waals surface area contributed by atoms with Crippen molar-refractivity contribution in [3.8, 4) is 0 Å². The van der Waals surface area contributed by atoms with Crippen molar-refractivity contribution in [2.45, 2.75) is 6.42 Å². The van der Waals surface area contributed by atoms with Crippen LogP contribution in [0.2, 0.25) is 0 Å². The number of nitrogens with zero attached hydrogens (tertiary/aromatic N) is 1. The van der Waals surface area contributed by atoms with E-state index in [1.54, 1.807) is 6.07 Å². The highest BCUT2D eigenvalue weighted by Gasteiger charge is 2.04. The number of aromatic nitrogens is 2. The van der Waals surface area contributed by atoms with Crippen molar-refractivity contribution in [2.24, 2.45) is 5.73 Å². The zero-order valence-corrected chi connectivity index (χ0v) is 7.05. The maximum Gasteiger partial charge on any atom is 0.213 e. The molecule has 0 aliphatic heterocycles. The minimum atomic E-state index is -0.453. The molecule has 68 valence electrons. The number of fused-ring (bicyclic) bond motifs is 1. The molecule has 0 saturated heterocycles. The Kier molecular flexibility index (Phi) is 1.98. The second kappa shape index (κ2) is 3.14. The molecule has 0 aromatic carbocycles. The van der Waals surface area contributed by atoms with Crippen LogP contribution in [0.15, 0.2) is 18.3 Å². The van der Waals surface area contributed by atoms with Crippen LogP contribution in [0.25, 0.3) is 11.0 Å². The van der Waals surface area contributed by atoms with E-state index in [1.165, 1.54) is 6.07 Å². The quantitative estimate of drug-likeness (QED) is 0.680. The van der Waals surface area contributed by atoms with Gasteiger partial charge in [-0.1, -0.05) is 0 Å². The number of aromatic amines is 1. The first kappa shape index (κ1) is 8.19. The predicted molar refractivity (Wildman–Crippen MR) is 48.8 cm³/mol. The third-order valence-corrected chi connectivity index (χ3v) is 1.98. The van der Waals surface area contributed by atoms with E-state index in [9.17, 15) is 4.39 Å². The van der Waals surface area contributed by atoms with Gasteiger partial charge in [0.05, 0.1) is 11.0 Å². The van der Waals surface area contributed by atoms with Crippen LogP contribution in [0, 0.1) is 5.95 Å². The molecule has 0 atom stereocenters. The second-order valence-corrected chi connectivity index (χ2v) is 2.88. The van der Waals surface area contributed by atoms with Crippen LogP contribution in [0.1, 0.15) is 5.56 Å². The minimum Gasteiger partial charge on any atom is -0.360 e. The van der Waals surface area contributed by atoms with Crippen LogP contribution in [-0.2, 0) is 6.42 Å². The summed E-state index contributed by atoms with van der Waals surface area (Å²) >= 11 is 0. The number of rotatable bonds is 2. The zero-order valence-electron chi connectivity index (χ0n) is 7.05. The predicted octanol–water partition coefficient (Wildman–Crippen LogP) is 1.20. The summed E-state index contributed by atoms with van der Waals surface area (Å²) in [6.45, 7) is 0.547. The Morgan fingerprint density at radius 1 is 1.46 bits per heavy atom. The van der Waals surface area contributed by atoms with E-state index in [0.717, 1.165) is 17.5 Å². The van der Waals surface area contributed by atoms with E-state index in [0.29, 0.717) is 12.1 Å². The first-order valence-electron chi connectivity index (χ1n) is 4.14. The average molecular weight is 179 g/mol. The first-order chi connectivity index (χ1) is 6.31. The van der Waals surface area contributed by atoms with Crippen LogP contribution in [-0.4, -0.2) is 16.5 Å². The van der Waals surface area contributed by atoms with Crippen molar-refractivity contribution in [2.75, 3.05) is 6.54 Å². The number of nitrogens with two attached hydrogens (primary N) is 1. The van der Waals surface area contributed by atoms with E-state index in [-0.39, 0.29) is 0 Å². The highest BCUT2D eigenvalue weighted by molar-refractivity contribution is 5.78. The van der Waals surface area contributed by atoms with E-state index in [1.807, 2.05) is 6.20 Å². The molecular weight excluding hydrogens is 169 g/mol. The molecule has 4 heteroatoms. The number of hydrogen-bond acceptors (Lipinski definition) is 2. The highest BCUT2D eigenvalue weighted by Crippen LogP contribution is 2.15. The van der Waals surface area contributed by atoms with Crippen LogP contribution in [0.3, 0.4) is 0 Å². The SMILES string of the molecule is NCCc1c[nH]c2ccc(F)nc12. The Bertz CT molecular complexity index is 422. The minimum absolute atomic E-state index is 0.453. The van der Waals surface area contributed by atoms with Crippen LogP contribution < -0.4 is 5.73 Å². The van der Waals surface area contributed by atoms with Crippen LogP contribution >= 0.6 is 0 Å². The highest BCUT2D eigenvalue weighted by atomic mass is 19.1. The fourth-order valence-corrected chi connectivity index (χ4v) is 1.38. The molecule has 2 aromatic heterocycles. The number of hydrogen-bond donors (Lipinski definition) is 2. The number of H-pyrrole nitrogens is 1. The van der Waals surface area contributed by atoms with Gasteiger partial charge in [-0.3, -0.25) is 0 Å². The van der Waals surface area contributed by atoms with Gasteiger partial charge in [0.1, 0.15) is 0 Å². The fraction of sp³-hybridized carbons (Fsp3) is 0.222. The zero-order chi connectivity index (χ0) is 9.26.